The zero-order chi connectivity index (χ0) is 24.7. The summed E-state index contributed by atoms with van der Waals surface area (Å²) in [5, 5.41) is 5.54. The molecule has 0 heterocycles. The maximum absolute atomic E-state index is 13.5. The van der Waals surface area contributed by atoms with Gasteiger partial charge in [-0.3, -0.25) is 13.9 Å². The molecule has 0 fully saturated rings. The van der Waals surface area contributed by atoms with E-state index < -0.39 is 22.5 Å². The Morgan fingerprint density at radius 3 is 2.29 bits per heavy atom. The van der Waals surface area contributed by atoms with Crippen molar-refractivity contribution in [1.82, 2.24) is 5.32 Å². The topological polar surface area (TPSA) is 95.6 Å². The van der Waals surface area contributed by atoms with Crippen molar-refractivity contribution in [3.63, 3.8) is 0 Å². The summed E-state index contributed by atoms with van der Waals surface area (Å²) in [5.41, 5.74) is 0.583. The lowest BCUT2D eigenvalue weighted by Gasteiger charge is -2.25. The summed E-state index contributed by atoms with van der Waals surface area (Å²) in [5.74, 6) is -1.00. The second-order valence-electron chi connectivity index (χ2n) is 7.25. The van der Waals surface area contributed by atoms with Crippen molar-refractivity contribution in [2.75, 3.05) is 22.7 Å². The van der Waals surface area contributed by atoms with Gasteiger partial charge in [0.15, 0.2) is 0 Å². The third-order valence-electron chi connectivity index (χ3n) is 4.80. The van der Waals surface area contributed by atoms with Crippen molar-refractivity contribution < 1.29 is 18.0 Å². The number of amides is 2. The van der Waals surface area contributed by atoms with Crippen LogP contribution in [-0.2, 0) is 14.8 Å². The first kappa shape index (κ1) is 25.6. The van der Waals surface area contributed by atoms with Crippen molar-refractivity contribution in [1.29, 1.82) is 0 Å². The molecule has 7 nitrogen and oxygen atoms in total. The molecule has 0 aliphatic rings. The summed E-state index contributed by atoms with van der Waals surface area (Å²) in [6, 6.07) is 18.7. The van der Waals surface area contributed by atoms with E-state index in [-0.39, 0.29) is 37.8 Å². The molecule has 0 saturated carbocycles. The minimum Gasteiger partial charge on any atom is -0.352 e. The fourth-order valence-corrected chi connectivity index (χ4v) is 5.05. The first-order valence-electron chi connectivity index (χ1n) is 10.4. The Morgan fingerprint density at radius 2 is 1.59 bits per heavy atom. The van der Waals surface area contributed by atoms with Crippen LogP contribution in [0.15, 0.2) is 77.7 Å². The maximum Gasteiger partial charge on any atom is 0.264 e. The van der Waals surface area contributed by atoms with Gasteiger partial charge in [-0.2, -0.15) is 0 Å². The van der Waals surface area contributed by atoms with Crippen molar-refractivity contribution in [3.05, 3.63) is 88.4 Å². The molecule has 3 rings (SSSR count). The van der Waals surface area contributed by atoms with Gasteiger partial charge in [-0.05, 0) is 42.8 Å². The van der Waals surface area contributed by atoms with E-state index in [1.807, 2.05) is 6.92 Å². The van der Waals surface area contributed by atoms with Gasteiger partial charge in [-0.1, -0.05) is 66.5 Å². The molecule has 2 N–H and O–H groups in total. The Labute approximate surface area is 208 Å². The average Bonchev–Trinajstić information content (AvgIpc) is 2.84. The number of nitrogens with one attached hydrogen (secondary N) is 2. The van der Waals surface area contributed by atoms with E-state index in [0.29, 0.717) is 6.54 Å². The second-order valence-corrected chi connectivity index (χ2v) is 9.89. The first-order chi connectivity index (χ1) is 16.3. The monoisotopic (exact) mass is 519 g/mol. The first-order valence-corrected chi connectivity index (χ1v) is 12.6. The quantitative estimate of drug-likeness (QED) is 0.417. The summed E-state index contributed by atoms with van der Waals surface area (Å²) in [7, 11) is -4.17. The molecule has 3 aromatic carbocycles. The van der Waals surface area contributed by atoms with Gasteiger partial charge in [0, 0.05) is 6.54 Å². The number of benzene rings is 3. The van der Waals surface area contributed by atoms with Crippen LogP contribution >= 0.6 is 23.2 Å². The lowest BCUT2D eigenvalue weighted by Crippen LogP contribution is -2.38. The molecule has 0 aromatic heterocycles. The molecule has 0 radical (unpaired) electrons. The third kappa shape index (κ3) is 5.88. The molecular weight excluding hydrogens is 497 g/mol. The molecule has 0 aliphatic carbocycles. The maximum atomic E-state index is 13.5. The van der Waals surface area contributed by atoms with Gasteiger partial charge in [-0.15, -0.1) is 0 Å². The highest BCUT2D eigenvalue weighted by atomic mass is 35.5. The average molecular weight is 520 g/mol. The molecule has 0 aliphatic heterocycles. The Bertz CT molecular complexity index is 1280. The van der Waals surface area contributed by atoms with Crippen molar-refractivity contribution in [3.8, 4) is 0 Å². The van der Waals surface area contributed by atoms with Gasteiger partial charge >= 0.3 is 0 Å². The smallest absolute Gasteiger partial charge is 0.264 e. The Hall–Kier alpha value is -3.07. The molecule has 34 heavy (non-hydrogen) atoms. The lowest BCUT2D eigenvalue weighted by molar-refractivity contribution is -0.114. The summed E-state index contributed by atoms with van der Waals surface area (Å²) in [6.45, 7) is 1.82. The fraction of sp³-hybridized carbons (Fsp3) is 0.167. The number of carbonyl (C=O) groups excluding carboxylic acids is 2. The van der Waals surface area contributed by atoms with Crippen LogP contribution in [0.25, 0.3) is 0 Å². The van der Waals surface area contributed by atoms with E-state index in [4.69, 9.17) is 23.2 Å². The molecule has 2 amide bonds. The van der Waals surface area contributed by atoms with E-state index in [1.165, 1.54) is 24.3 Å². The number of halogens is 2. The summed E-state index contributed by atoms with van der Waals surface area (Å²) in [6.07, 6.45) is 0.757. The number of nitrogens with zero attached hydrogens (tertiary/aromatic N) is 1. The van der Waals surface area contributed by atoms with E-state index in [0.717, 1.165) is 10.7 Å². The molecule has 3 aromatic rings. The van der Waals surface area contributed by atoms with Gasteiger partial charge in [0.2, 0.25) is 5.91 Å². The van der Waals surface area contributed by atoms with Gasteiger partial charge in [-0.25, -0.2) is 8.42 Å². The Morgan fingerprint density at radius 1 is 0.912 bits per heavy atom. The zero-order valence-electron chi connectivity index (χ0n) is 18.3. The third-order valence-corrected chi connectivity index (χ3v) is 7.38. The number of hydrogen-bond acceptors (Lipinski definition) is 4. The minimum atomic E-state index is -4.17. The number of sulfonamides is 1. The van der Waals surface area contributed by atoms with Crippen LogP contribution in [0.4, 0.5) is 11.4 Å². The second kappa shape index (κ2) is 11.4. The molecule has 178 valence electrons. The SMILES string of the molecule is CCCNC(=O)c1ccccc1NC(=O)CN(c1cccc(Cl)c1Cl)S(=O)(=O)c1ccccc1. The van der Waals surface area contributed by atoms with Crippen LogP contribution < -0.4 is 14.9 Å². The molecule has 0 unspecified atom stereocenters. The fourth-order valence-electron chi connectivity index (χ4n) is 3.15. The highest BCUT2D eigenvalue weighted by Gasteiger charge is 2.29. The molecule has 0 atom stereocenters. The van der Waals surface area contributed by atoms with E-state index in [9.17, 15) is 18.0 Å². The predicted octanol–water partition coefficient (Wildman–Crippen LogP) is 4.97. The highest BCUT2D eigenvalue weighted by Crippen LogP contribution is 2.35. The summed E-state index contributed by atoms with van der Waals surface area (Å²) < 4.78 is 27.8. The van der Waals surface area contributed by atoms with Gasteiger partial charge in [0.1, 0.15) is 6.54 Å². The normalized spacial score (nSPS) is 11.0. The Balaban J connectivity index is 1.95. The summed E-state index contributed by atoms with van der Waals surface area (Å²) >= 11 is 12.4. The summed E-state index contributed by atoms with van der Waals surface area (Å²) in [4.78, 5) is 25.5. The highest BCUT2D eigenvalue weighted by molar-refractivity contribution is 7.92. The molecule has 0 saturated heterocycles. The van der Waals surface area contributed by atoms with Crippen molar-refractivity contribution in [2.24, 2.45) is 0 Å². The van der Waals surface area contributed by atoms with E-state index in [2.05, 4.69) is 10.6 Å². The Kier molecular flexibility index (Phi) is 8.55. The standard InChI is InChI=1S/C24H23Cl2N3O4S/c1-2-15-27-24(31)18-11-6-7-13-20(18)28-22(30)16-29(21-14-8-12-19(25)23(21)26)34(32,33)17-9-4-3-5-10-17/h3-14H,2,15-16H2,1H3,(H,27,31)(H,28,30). The van der Waals surface area contributed by atoms with E-state index in [1.54, 1.807) is 48.5 Å². The minimum absolute atomic E-state index is 0.00387. The molecule has 0 spiro atoms. The van der Waals surface area contributed by atoms with Crippen LogP contribution in [0, 0.1) is 0 Å². The van der Waals surface area contributed by atoms with Gasteiger partial charge in [0.05, 0.1) is 31.9 Å². The van der Waals surface area contributed by atoms with Gasteiger partial charge < -0.3 is 10.6 Å². The number of para-hydroxylation sites is 1. The van der Waals surface area contributed by atoms with Crippen molar-refractivity contribution in [2.45, 2.75) is 18.2 Å². The van der Waals surface area contributed by atoms with Crippen LogP contribution in [-0.4, -0.2) is 33.3 Å². The van der Waals surface area contributed by atoms with Crippen LogP contribution in [0.2, 0.25) is 10.0 Å². The van der Waals surface area contributed by atoms with Crippen LogP contribution in [0.1, 0.15) is 23.7 Å². The number of rotatable bonds is 9. The molecular formula is C24H23Cl2N3O4S. The molecule has 0 bridgehead atoms. The van der Waals surface area contributed by atoms with Gasteiger partial charge in [0.25, 0.3) is 15.9 Å². The predicted molar refractivity (Wildman–Crippen MR) is 135 cm³/mol. The largest absolute Gasteiger partial charge is 0.352 e. The van der Waals surface area contributed by atoms with E-state index >= 15 is 0 Å². The number of carbonyl (C=O) groups is 2. The van der Waals surface area contributed by atoms with Crippen molar-refractivity contribution >= 4 is 56.4 Å². The number of anilines is 2. The van der Waals surface area contributed by atoms with Crippen LogP contribution in [0.3, 0.4) is 0 Å². The number of hydrogen-bond donors (Lipinski definition) is 2. The van der Waals surface area contributed by atoms with Crippen LogP contribution in [0.5, 0.6) is 0 Å². The molecule has 10 heteroatoms. The lowest BCUT2D eigenvalue weighted by atomic mass is 10.1. The zero-order valence-corrected chi connectivity index (χ0v) is 20.6.